The summed E-state index contributed by atoms with van der Waals surface area (Å²) in [6.07, 6.45) is 11.2. The summed E-state index contributed by atoms with van der Waals surface area (Å²) in [7, 11) is 1.99. The second-order valence-corrected chi connectivity index (χ2v) is 6.62. The van der Waals surface area contributed by atoms with Crippen molar-refractivity contribution in [2.45, 2.75) is 71.0 Å². The summed E-state index contributed by atoms with van der Waals surface area (Å²) in [4.78, 5) is 23.4. The van der Waals surface area contributed by atoms with Crippen molar-refractivity contribution in [3.63, 3.8) is 0 Å². The van der Waals surface area contributed by atoms with E-state index in [0.29, 0.717) is 0 Å². The monoisotopic (exact) mass is 340 g/mol. The maximum atomic E-state index is 11.7. The van der Waals surface area contributed by atoms with Crippen LogP contribution in [0.15, 0.2) is 11.8 Å². The molecule has 1 fully saturated rings. The van der Waals surface area contributed by atoms with Crippen LogP contribution in [0.2, 0.25) is 0 Å². The van der Waals surface area contributed by atoms with Crippen molar-refractivity contribution in [1.82, 2.24) is 10.6 Å². The molecule has 0 saturated carbocycles. The minimum Gasteiger partial charge on any atom is -0.419 e. The summed E-state index contributed by atoms with van der Waals surface area (Å²) in [5.74, 6) is -2.46. The van der Waals surface area contributed by atoms with E-state index in [4.69, 9.17) is 9.47 Å². The van der Waals surface area contributed by atoms with Gasteiger partial charge in [-0.15, -0.1) is 0 Å². The number of unbranched alkanes of at least 4 members (excludes halogenated alkanes) is 7. The zero-order valence-electron chi connectivity index (χ0n) is 15.3. The lowest BCUT2D eigenvalue weighted by Crippen LogP contribution is -2.42. The lowest BCUT2D eigenvalue weighted by atomic mass is 10.1. The molecule has 6 nitrogen and oxygen atoms in total. The van der Waals surface area contributed by atoms with E-state index in [1.165, 1.54) is 58.6 Å². The molecule has 0 atom stereocenters. The molecule has 0 spiro atoms. The molecule has 0 aromatic rings. The number of rotatable bonds is 12. The van der Waals surface area contributed by atoms with E-state index >= 15 is 0 Å². The Labute approximate surface area is 145 Å². The molecule has 1 rings (SSSR count). The van der Waals surface area contributed by atoms with E-state index in [-0.39, 0.29) is 5.57 Å². The number of hydrogen-bond donors (Lipinski definition) is 2. The number of nitrogens with one attached hydrogen (secondary N) is 2. The quantitative estimate of drug-likeness (QED) is 0.246. The largest absolute Gasteiger partial charge is 0.419 e. The Morgan fingerprint density at radius 3 is 1.79 bits per heavy atom. The maximum absolute atomic E-state index is 11.7. The van der Waals surface area contributed by atoms with Gasteiger partial charge in [0.15, 0.2) is 5.57 Å². The number of esters is 2. The highest BCUT2D eigenvalue weighted by molar-refractivity contribution is 6.15. The van der Waals surface area contributed by atoms with E-state index in [9.17, 15) is 9.59 Å². The van der Waals surface area contributed by atoms with Gasteiger partial charge in [0, 0.05) is 26.6 Å². The van der Waals surface area contributed by atoms with E-state index in [1.54, 1.807) is 0 Å². The van der Waals surface area contributed by atoms with Crippen molar-refractivity contribution in [3.05, 3.63) is 11.8 Å². The van der Waals surface area contributed by atoms with Gasteiger partial charge in [-0.25, -0.2) is 9.59 Å². The van der Waals surface area contributed by atoms with Gasteiger partial charge in [-0.2, -0.15) is 0 Å². The second kappa shape index (κ2) is 11.1. The minimum absolute atomic E-state index is 0.0732. The lowest BCUT2D eigenvalue weighted by molar-refractivity contribution is -0.222. The third-order valence-corrected chi connectivity index (χ3v) is 3.86. The van der Waals surface area contributed by atoms with Crippen molar-refractivity contribution >= 4 is 11.9 Å². The van der Waals surface area contributed by atoms with E-state index < -0.39 is 17.7 Å². The molecule has 24 heavy (non-hydrogen) atoms. The summed E-state index contributed by atoms with van der Waals surface area (Å²) in [5, 5.41) is 6.16. The number of carbonyl (C=O) groups excluding carboxylic acids is 2. The number of carbonyl (C=O) groups is 2. The molecule has 0 amide bonds. The minimum atomic E-state index is -1.18. The molecule has 0 unspecified atom stereocenters. The van der Waals surface area contributed by atoms with Gasteiger partial charge < -0.3 is 20.1 Å². The first kappa shape index (κ1) is 20.5. The smallest absolute Gasteiger partial charge is 0.350 e. The zero-order valence-corrected chi connectivity index (χ0v) is 15.3. The standard InChI is InChI=1S/C18H32N2O4/c1-18(2)23-16(21)15(17(22)24-18)14-20-13-11-9-7-5-4-6-8-10-12-19-3/h14,19-20H,4-13H2,1-3H3. The predicted molar refractivity (Wildman–Crippen MR) is 93.2 cm³/mol. The third kappa shape index (κ3) is 8.34. The van der Waals surface area contributed by atoms with Gasteiger partial charge in [0.1, 0.15) is 0 Å². The van der Waals surface area contributed by atoms with Crippen molar-refractivity contribution in [2.75, 3.05) is 20.1 Å². The predicted octanol–water partition coefficient (Wildman–Crippen LogP) is 2.64. The SMILES string of the molecule is CNCCCCCCCCCCNC=C1C(=O)OC(C)(C)OC1=O. The summed E-state index contributed by atoms with van der Waals surface area (Å²) in [6.45, 7) is 4.91. The van der Waals surface area contributed by atoms with Gasteiger partial charge >= 0.3 is 11.9 Å². The van der Waals surface area contributed by atoms with Crippen molar-refractivity contribution in [3.8, 4) is 0 Å². The van der Waals surface area contributed by atoms with Gasteiger partial charge in [0.2, 0.25) is 0 Å². The molecule has 0 aliphatic carbocycles. The van der Waals surface area contributed by atoms with E-state index in [1.807, 2.05) is 7.05 Å². The third-order valence-electron chi connectivity index (χ3n) is 3.86. The lowest BCUT2D eigenvalue weighted by Gasteiger charge is -2.29. The fourth-order valence-corrected chi connectivity index (χ4v) is 2.54. The summed E-state index contributed by atoms with van der Waals surface area (Å²) in [5.41, 5.74) is -0.0732. The fourth-order valence-electron chi connectivity index (χ4n) is 2.54. The average molecular weight is 340 g/mol. The molecule has 1 aliphatic rings. The van der Waals surface area contributed by atoms with Crippen LogP contribution in [0.4, 0.5) is 0 Å². The van der Waals surface area contributed by atoms with Crippen LogP contribution >= 0.6 is 0 Å². The molecule has 138 valence electrons. The van der Waals surface area contributed by atoms with Crippen LogP contribution in [-0.2, 0) is 19.1 Å². The first-order valence-corrected chi connectivity index (χ1v) is 9.01. The zero-order chi connectivity index (χ0) is 17.8. The molecule has 1 aliphatic heterocycles. The van der Waals surface area contributed by atoms with E-state index in [0.717, 1.165) is 25.9 Å². The van der Waals surface area contributed by atoms with Crippen LogP contribution in [0.1, 0.15) is 65.2 Å². The van der Waals surface area contributed by atoms with Crippen molar-refractivity contribution in [2.24, 2.45) is 0 Å². The highest BCUT2D eigenvalue weighted by Gasteiger charge is 2.38. The van der Waals surface area contributed by atoms with Crippen LogP contribution in [0.5, 0.6) is 0 Å². The van der Waals surface area contributed by atoms with Crippen molar-refractivity contribution in [1.29, 1.82) is 0 Å². The van der Waals surface area contributed by atoms with E-state index in [2.05, 4.69) is 10.6 Å². The maximum Gasteiger partial charge on any atom is 0.350 e. The number of hydrogen-bond acceptors (Lipinski definition) is 6. The Bertz CT molecular complexity index is 411. The normalized spacial score (nSPS) is 16.5. The molecular formula is C18H32N2O4. The topological polar surface area (TPSA) is 76.7 Å². The number of cyclic esters (lactones) is 2. The van der Waals surface area contributed by atoms with Gasteiger partial charge in [-0.1, -0.05) is 38.5 Å². The highest BCUT2D eigenvalue weighted by Crippen LogP contribution is 2.21. The molecule has 0 aromatic heterocycles. The Kier molecular flexibility index (Phi) is 9.45. The molecule has 0 radical (unpaired) electrons. The molecule has 6 heteroatoms. The molecule has 1 saturated heterocycles. The van der Waals surface area contributed by atoms with Crippen LogP contribution in [0.25, 0.3) is 0 Å². The van der Waals surface area contributed by atoms with Gasteiger partial charge in [0.25, 0.3) is 5.79 Å². The number of ether oxygens (including phenoxy) is 2. The highest BCUT2D eigenvalue weighted by atomic mass is 16.7. The van der Waals surface area contributed by atoms with Crippen LogP contribution in [-0.4, -0.2) is 37.9 Å². The Hall–Kier alpha value is -1.56. The molecule has 2 N–H and O–H groups in total. The van der Waals surface area contributed by atoms with Crippen LogP contribution in [0, 0.1) is 0 Å². The van der Waals surface area contributed by atoms with Gasteiger partial charge in [-0.3, -0.25) is 0 Å². The fraction of sp³-hybridized carbons (Fsp3) is 0.778. The molecular weight excluding hydrogens is 308 g/mol. The molecule has 0 aromatic carbocycles. The first-order valence-electron chi connectivity index (χ1n) is 9.01. The summed E-state index contributed by atoms with van der Waals surface area (Å²) >= 11 is 0. The Morgan fingerprint density at radius 2 is 1.29 bits per heavy atom. The first-order chi connectivity index (χ1) is 11.5. The molecule has 1 heterocycles. The van der Waals surface area contributed by atoms with Crippen molar-refractivity contribution < 1.29 is 19.1 Å². The summed E-state index contributed by atoms with van der Waals surface area (Å²) in [6, 6.07) is 0. The second-order valence-electron chi connectivity index (χ2n) is 6.62. The van der Waals surface area contributed by atoms with Crippen LogP contribution < -0.4 is 10.6 Å². The van der Waals surface area contributed by atoms with Gasteiger partial charge in [-0.05, 0) is 26.4 Å². The summed E-state index contributed by atoms with van der Waals surface area (Å²) < 4.78 is 10.0. The average Bonchev–Trinajstić information content (AvgIpc) is 2.49. The van der Waals surface area contributed by atoms with Crippen LogP contribution in [0.3, 0.4) is 0 Å². The molecule has 0 bridgehead atoms. The Morgan fingerprint density at radius 1 is 0.833 bits per heavy atom. The van der Waals surface area contributed by atoms with Gasteiger partial charge in [0.05, 0.1) is 0 Å². The Balaban J connectivity index is 2.04.